The molecule has 3 N–H and O–H groups in total. The summed E-state index contributed by atoms with van der Waals surface area (Å²) in [7, 11) is 1.57. The van der Waals surface area contributed by atoms with E-state index in [1.807, 2.05) is 0 Å². The summed E-state index contributed by atoms with van der Waals surface area (Å²) in [4.78, 5) is 29.9. The summed E-state index contributed by atoms with van der Waals surface area (Å²) >= 11 is 6.61. The van der Waals surface area contributed by atoms with Gasteiger partial charge in [0.2, 0.25) is 5.95 Å². The molecular formula is C24H22ClF3N8O3. The standard InChI is InChI=1S/C24H22ClF3N8O3/c1-35-20-19(25)18(39-17(8-29)16-9-30-4-5-31-16)10-32-21(20)34-23(35)33-15-7-13(24(26,27)28)11-36(22(15)37)14-3-2-6-38-12-14/h4-5,7-11,14H,2-3,6,12,29H2,1H3,(H,32,33,34)/b17-8+. The Kier molecular flexibility index (Phi) is 7.14. The molecule has 39 heavy (non-hydrogen) atoms. The number of nitrogens with zero attached hydrogens (tertiary/aromatic N) is 6. The number of fused-ring (bicyclic) bond motifs is 1. The van der Waals surface area contributed by atoms with E-state index in [4.69, 9.17) is 26.8 Å². The van der Waals surface area contributed by atoms with E-state index in [9.17, 15) is 18.0 Å². The number of rotatable bonds is 6. The number of aryl methyl sites for hydroxylation is 1. The number of alkyl halides is 3. The first-order valence-corrected chi connectivity index (χ1v) is 12.1. The lowest BCUT2D eigenvalue weighted by atomic mass is 10.1. The Morgan fingerprint density at radius 3 is 2.79 bits per heavy atom. The van der Waals surface area contributed by atoms with Crippen LogP contribution in [0, 0.1) is 0 Å². The molecule has 5 heterocycles. The van der Waals surface area contributed by atoms with Gasteiger partial charge in [-0.05, 0) is 18.9 Å². The number of nitrogens with two attached hydrogens (primary N) is 1. The quantitative estimate of drug-likeness (QED) is 0.334. The highest BCUT2D eigenvalue weighted by molar-refractivity contribution is 6.36. The zero-order valence-electron chi connectivity index (χ0n) is 20.4. The van der Waals surface area contributed by atoms with Crippen LogP contribution in [0.3, 0.4) is 0 Å². The lowest BCUT2D eigenvalue weighted by Crippen LogP contribution is -2.32. The zero-order chi connectivity index (χ0) is 27.7. The summed E-state index contributed by atoms with van der Waals surface area (Å²) in [6, 6.07) is 0.231. The number of anilines is 2. The average molecular weight is 563 g/mol. The van der Waals surface area contributed by atoms with E-state index in [0.29, 0.717) is 30.7 Å². The van der Waals surface area contributed by atoms with Gasteiger partial charge in [-0.25, -0.2) is 9.97 Å². The minimum absolute atomic E-state index is 0.0444. The van der Waals surface area contributed by atoms with Crippen LogP contribution in [0.1, 0.15) is 30.1 Å². The van der Waals surface area contributed by atoms with Crippen molar-refractivity contribution in [2.45, 2.75) is 25.1 Å². The van der Waals surface area contributed by atoms with Crippen LogP contribution in [-0.2, 0) is 18.0 Å². The van der Waals surface area contributed by atoms with Crippen LogP contribution in [0.25, 0.3) is 16.9 Å². The first-order valence-electron chi connectivity index (χ1n) is 11.7. The third-order valence-electron chi connectivity index (χ3n) is 6.14. The molecule has 0 bridgehead atoms. The molecule has 1 fully saturated rings. The molecule has 4 aromatic rings. The smallest absolute Gasteiger partial charge is 0.417 e. The van der Waals surface area contributed by atoms with Gasteiger partial charge in [0.25, 0.3) is 5.56 Å². The van der Waals surface area contributed by atoms with Crippen LogP contribution < -0.4 is 21.3 Å². The summed E-state index contributed by atoms with van der Waals surface area (Å²) < 4.78 is 54.9. The monoisotopic (exact) mass is 562 g/mol. The topological polar surface area (TPSA) is 135 Å². The second kappa shape index (κ2) is 10.5. The predicted molar refractivity (Wildman–Crippen MR) is 136 cm³/mol. The van der Waals surface area contributed by atoms with Crippen molar-refractivity contribution in [2.75, 3.05) is 18.5 Å². The van der Waals surface area contributed by atoms with Crippen LogP contribution in [-0.4, -0.2) is 42.3 Å². The van der Waals surface area contributed by atoms with Crippen molar-refractivity contribution in [1.82, 2.24) is 29.1 Å². The van der Waals surface area contributed by atoms with Crippen molar-refractivity contribution in [3.05, 3.63) is 69.9 Å². The summed E-state index contributed by atoms with van der Waals surface area (Å²) in [5, 5.41) is 2.84. The molecule has 15 heteroatoms. The number of imidazole rings is 1. The maximum atomic E-state index is 13.7. The molecule has 11 nitrogen and oxygen atoms in total. The minimum Gasteiger partial charge on any atom is -0.450 e. The lowest BCUT2D eigenvalue weighted by Gasteiger charge is -2.25. The summed E-state index contributed by atoms with van der Waals surface area (Å²) in [5.41, 5.74) is 4.59. The Morgan fingerprint density at radius 2 is 2.13 bits per heavy atom. The van der Waals surface area contributed by atoms with Gasteiger partial charge in [0.1, 0.15) is 21.9 Å². The number of halogens is 4. The minimum atomic E-state index is -4.68. The van der Waals surface area contributed by atoms with Gasteiger partial charge in [0.05, 0.1) is 30.6 Å². The van der Waals surface area contributed by atoms with Crippen LogP contribution >= 0.6 is 11.6 Å². The van der Waals surface area contributed by atoms with Crippen LogP contribution in [0.5, 0.6) is 5.75 Å². The van der Waals surface area contributed by atoms with E-state index in [-0.39, 0.29) is 40.4 Å². The molecule has 0 radical (unpaired) electrons. The van der Waals surface area contributed by atoms with E-state index in [1.165, 1.54) is 35.6 Å². The Bertz CT molecular complexity index is 1600. The molecule has 1 unspecified atom stereocenters. The van der Waals surface area contributed by atoms with Crippen molar-refractivity contribution >= 4 is 40.2 Å². The van der Waals surface area contributed by atoms with Crippen molar-refractivity contribution in [3.63, 3.8) is 0 Å². The molecule has 0 aromatic carbocycles. The average Bonchev–Trinajstić information content (AvgIpc) is 3.25. The van der Waals surface area contributed by atoms with E-state index in [0.717, 1.165) is 16.8 Å². The normalized spacial score (nSPS) is 16.4. The predicted octanol–water partition coefficient (Wildman–Crippen LogP) is 4.02. The molecule has 5 rings (SSSR count). The second-order valence-electron chi connectivity index (χ2n) is 8.68. The van der Waals surface area contributed by atoms with Crippen molar-refractivity contribution in [1.29, 1.82) is 0 Å². The molecule has 0 saturated carbocycles. The Balaban J connectivity index is 1.52. The molecule has 0 aliphatic carbocycles. The Morgan fingerprint density at radius 1 is 1.31 bits per heavy atom. The maximum Gasteiger partial charge on any atom is 0.417 e. The Hall–Kier alpha value is -4.17. The Labute approximate surface area is 224 Å². The fourth-order valence-electron chi connectivity index (χ4n) is 4.19. The van der Waals surface area contributed by atoms with Gasteiger partial charge in [-0.2, -0.15) is 18.2 Å². The van der Waals surface area contributed by atoms with Crippen LogP contribution in [0.2, 0.25) is 5.02 Å². The highest BCUT2D eigenvalue weighted by Crippen LogP contribution is 2.36. The summed E-state index contributed by atoms with van der Waals surface area (Å²) in [5.74, 6) is 0.339. The number of pyridine rings is 2. The summed E-state index contributed by atoms with van der Waals surface area (Å²) in [6.07, 6.45) is 4.21. The first-order chi connectivity index (χ1) is 18.7. The van der Waals surface area contributed by atoms with E-state index >= 15 is 0 Å². The zero-order valence-corrected chi connectivity index (χ0v) is 21.2. The molecule has 1 aliphatic heterocycles. The van der Waals surface area contributed by atoms with Gasteiger partial charge >= 0.3 is 6.18 Å². The van der Waals surface area contributed by atoms with Gasteiger partial charge in [0, 0.05) is 38.4 Å². The van der Waals surface area contributed by atoms with E-state index in [2.05, 4.69) is 25.3 Å². The van der Waals surface area contributed by atoms with E-state index < -0.39 is 23.3 Å². The van der Waals surface area contributed by atoms with Gasteiger partial charge in [-0.3, -0.25) is 9.78 Å². The molecule has 4 aromatic heterocycles. The van der Waals surface area contributed by atoms with Gasteiger partial charge < -0.3 is 29.7 Å². The number of ether oxygens (including phenoxy) is 2. The van der Waals surface area contributed by atoms with Crippen molar-refractivity contribution in [2.24, 2.45) is 12.8 Å². The van der Waals surface area contributed by atoms with Crippen LogP contribution in [0.4, 0.5) is 24.8 Å². The lowest BCUT2D eigenvalue weighted by molar-refractivity contribution is -0.138. The van der Waals surface area contributed by atoms with E-state index in [1.54, 1.807) is 7.05 Å². The fourth-order valence-corrected chi connectivity index (χ4v) is 4.49. The third-order valence-corrected chi connectivity index (χ3v) is 6.50. The van der Waals surface area contributed by atoms with Gasteiger partial charge in [-0.15, -0.1) is 0 Å². The molecule has 1 saturated heterocycles. The highest BCUT2D eigenvalue weighted by Gasteiger charge is 2.33. The van der Waals surface area contributed by atoms with Gasteiger partial charge in [-0.1, -0.05) is 11.6 Å². The highest BCUT2D eigenvalue weighted by atomic mass is 35.5. The maximum absolute atomic E-state index is 13.7. The van der Waals surface area contributed by atoms with Gasteiger partial charge in [0.15, 0.2) is 17.2 Å². The summed E-state index contributed by atoms with van der Waals surface area (Å²) in [6.45, 7) is 0.638. The largest absolute Gasteiger partial charge is 0.450 e. The number of aromatic nitrogens is 6. The van der Waals surface area contributed by atoms with Crippen molar-refractivity contribution in [3.8, 4) is 5.75 Å². The second-order valence-corrected chi connectivity index (χ2v) is 9.05. The number of nitrogens with one attached hydrogen (secondary N) is 1. The third kappa shape index (κ3) is 5.25. The molecular weight excluding hydrogens is 541 g/mol. The first kappa shape index (κ1) is 26.4. The number of hydrogen-bond acceptors (Lipinski definition) is 9. The van der Waals surface area contributed by atoms with Crippen molar-refractivity contribution < 1.29 is 22.6 Å². The molecule has 1 aliphatic rings. The molecule has 0 amide bonds. The van der Waals surface area contributed by atoms with Crippen LogP contribution in [0.15, 0.2) is 48.0 Å². The fraction of sp³-hybridized carbons (Fsp3) is 0.292. The molecule has 0 spiro atoms. The molecule has 204 valence electrons. The SMILES string of the molecule is Cn1c(Nc2cc(C(F)(F)F)cn(C3CCCOC3)c2=O)nc2ncc(O/C(=C/N)c3cnccn3)c(Cl)c21. The molecule has 1 atom stereocenters. The number of hydrogen-bond donors (Lipinski definition) is 2.